The molecule has 1 aromatic carbocycles. The Bertz CT molecular complexity index is 895. The lowest BCUT2D eigenvalue weighted by Crippen LogP contribution is -2.37. The first kappa shape index (κ1) is 17.1. The Morgan fingerprint density at radius 1 is 1.23 bits per heavy atom. The molecule has 0 unspecified atom stereocenters. The maximum absolute atomic E-state index is 12.2. The zero-order valence-electron chi connectivity index (χ0n) is 12.9. The van der Waals surface area contributed by atoms with E-state index in [1.807, 2.05) is 0 Å². The average Bonchev–Trinajstić information content (AvgIpc) is 3.16. The van der Waals surface area contributed by atoms with Crippen molar-refractivity contribution in [1.82, 2.24) is 19.8 Å². The predicted octanol–water partition coefficient (Wildman–Crippen LogP) is 1.95. The minimum atomic E-state index is -4.77. The van der Waals surface area contributed by atoms with Crippen LogP contribution in [0.4, 0.5) is 13.2 Å². The first-order chi connectivity index (χ1) is 12.3. The zero-order valence-corrected chi connectivity index (χ0v) is 13.7. The minimum Gasteiger partial charge on any atom is -0.406 e. The first-order valence-corrected chi connectivity index (χ1v) is 7.93. The van der Waals surface area contributed by atoms with E-state index >= 15 is 0 Å². The lowest BCUT2D eigenvalue weighted by Gasteiger charge is -2.25. The molecule has 138 valence electrons. The first-order valence-electron chi connectivity index (χ1n) is 7.52. The molecule has 1 aromatic heterocycles. The fourth-order valence-electron chi connectivity index (χ4n) is 2.88. The third kappa shape index (κ3) is 3.10. The summed E-state index contributed by atoms with van der Waals surface area (Å²) < 4.78 is 54.1. The second-order valence-corrected chi connectivity index (χ2v) is 6.10. The number of benzene rings is 1. The molecule has 3 atom stereocenters. The number of carbonyl (C=O) groups is 1. The summed E-state index contributed by atoms with van der Waals surface area (Å²) in [5, 5.41) is 7.90. The summed E-state index contributed by atoms with van der Waals surface area (Å²) >= 11 is 5.34. The lowest BCUT2D eigenvalue weighted by molar-refractivity contribution is -0.274. The van der Waals surface area contributed by atoms with Gasteiger partial charge in [-0.15, -0.1) is 13.2 Å². The van der Waals surface area contributed by atoms with Crippen molar-refractivity contribution >= 4 is 18.0 Å². The van der Waals surface area contributed by atoms with E-state index in [1.165, 1.54) is 21.5 Å². The van der Waals surface area contributed by atoms with Crippen molar-refractivity contribution in [2.45, 2.75) is 31.2 Å². The van der Waals surface area contributed by atoms with E-state index < -0.39 is 18.7 Å². The van der Waals surface area contributed by atoms with Gasteiger partial charge in [0.15, 0.2) is 5.78 Å². The molecule has 0 spiro atoms. The molecule has 0 aliphatic carbocycles. The number of ether oxygens (including phenoxy) is 3. The number of ketones is 1. The van der Waals surface area contributed by atoms with Crippen LogP contribution in [0.25, 0.3) is 5.69 Å². The van der Waals surface area contributed by atoms with Gasteiger partial charge in [-0.05, 0) is 46.9 Å². The number of aromatic nitrogens is 4. The van der Waals surface area contributed by atoms with Crippen molar-refractivity contribution in [3.63, 3.8) is 0 Å². The van der Waals surface area contributed by atoms with Crippen LogP contribution >= 0.6 is 12.2 Å². The second-order valence-electron chi connectivity index (χ2n) is 5.74. The van der Waals surface area contributed by atoms with Crippen LogP contribution in [0.15, 0.2) is 24.3 Å². The number of carbonyl (C=O) groups excluding carboxylic acids is 1. The number of hydrogen-bond donors (Lipinski definition) is 0. The van der Waals surface area contributed by atoms with Crippen LogP contribution < -0.4 is 4.74 Å². The molecule has 2 fully saturated rings. The lowest BCUT2D eigenvalue weighted by atomic mass is 10.0. The Kier molecular flexibility index (Phi) is 4.04. The summed E-state index contributed by atoms with van der Waals surface area (Å²) in [7, 11) is 0. The quantitative estimate of drug-likeness (QED) is 0.744. The van der Waals surface area contributed by atoms with Gasteiger partial charge in [0.2, 0.25) is 11.1 Å². The number of Topliss-reactive ketones (excluding diaryl/α,β-unsaturated/α-hetero) is 1. The summed E-state index contributed by atoms with van der Waals surface area (Å²) in [5.41, 5.74) is 0.402. The number of fused-ring (bicyclic) bond motifs is 2. The van der Waals surface area contributed by atoms with E-state index in [1.54, 1.807) is 0 Å². The molecule has 12 heteroatoms. The van der Waals surface area contributed by atoms with E-state index in [0.29, 0.717) is 5.69 Å². The largest absolute Gasteiger partial charge is 0.573 e. The van der Waals surface area contributed by atoms with Crippen molar-refractivity contribution in [3.05, 3.63) is 29.0 Å². The number of rotatable bonds is 3. The topological polar surface area (TPSA) is 80.4 Å². The van der Waals surface area contributed by atoms with Crippen LogP contribution in [-0.4, -0.2) is 50.9 Å². The Balaban J connectivity index is 1.60. The smallest absolute Gasteiger partial charge is 0.406 e. The molecule has 8 nitrogen and oxygen atoms in total. The normalized spacial score (nSPS) is 25.5. The molecule has 2 bridgehead atoms. The van der Waals surface area contributed by atoms with Gasteiger partial charge in [-0.3, -0.25) is 4.79 Å². The molecular formula is C14H11F3N4O4S. The van der Waals surface area contributed by atoms with Gasteiger partial charge in [0, 0.05) is 6.42 Å². The molecule has 26 heavy (non-hydrogen) atoms. The summed E-state index contributed by atoms with van der Waals surface area (Å²) in [5.74, 6) is -0.561. The van der Waals surface area contributed by atoms with Gasteiger partial charge in [-0.25, -0.2) is 4.68 Å². The number of nitrogens with zero attached hydrogens (tertiary/aromatic N) is 4. The summed E-state index contributed by atoms with van der Waals surface area (Å²) in [6.45, 7) is 0.249. The Hall–Kier alpha value is -2.31. The number of alkyl halides is 3. The van der Waals surface area contributed by atoms with Gasteiger partial charge in [0.25, 0.3) is 0 Å². The molecule has 2 aliphatic heterocycles. The predicted molar refractivity (Wildman–Crippen MR) is 80.1 cm³/mol. The number of halogens is 3. The van der Waals surface area contributed by atoms with E-state index in [-0.39, 0.29) is 35.4 Å². The van der Waals surface area contributed by atoms with Gasteiger partial charge in [0.05, 0.1) is 18.3 Å². The van der Waals surface area contributed by atoms with Gasteiger partial charge in [0.1, 0.15) is 11.9 Å². The van der Waals surface area contributed by atoms with Crippen LogP contribution in [0.3, 0.4) is 0 Å². The fourth-order valence-corrected chi connectivity index (χ4v) is 3.20. The Morgan fingerprint density at radius 2 is 1.96 bits per heavy atom. The fraction of sp³-hybridized carbons (Fsp3) is 0.429. The SMILES string of the molecule is O=C1C[C@@H](n2nnn(-c3ccc(OC(F)(F)F)cc3)c2=S)[C@@H]2CO[C@H]1O2. The van der Waals surface area contributed by atoms with E-state index in [0.717, 1.165) is 12.1 Å². The zero-order chi connectivity index (χ0) is 18.5. The van der Waals surface area contributed by atoms with Crippen LogP contribution in [0, 0.1) is 4.77 Å². The third-order valence-corrected chi connectivity index (χ3v) is 4.40. The monoisotopic (exact) mass is 388 g/mol. The van der Waals surface area contributed by atoms with Gasteiger partial charge in [-0.1, -0.05) is 0 Å². The second kappa shape index (κ2) is 6.14. The highest BCUT2D eigenvalue weighted by molar-refractivity contribution is 7.71. The molecule has 2 aromatic rings. The molecule has 2 saturated heterocycles. The maximum Gasteiger partial charge on any atom is 0.573 e. The molecule has 0 saturated carbocycles. The van der Waals surface area contributed by atoms with Crippen LogP contribution in [0.1, 0.15) is 12.5 Å². The van der Waals surface area contributed by atoms with Crippen molar-refractivity contribution in [2.24, 2.45) is 0 Å². The van der Waals surface area contributed by atoms with Gasteiger partial charge in [-0.2, -0.15) is 4.68 Å². The van der Waals surface area contributed by atoms with E-state index in [4.69, 9.17) is 21.7 Å². The highest BCUT2D eigenvalue weighted by Crippen LogP contribution is 2.32. The standard InChI is InChI=1S/C14H11F3N4O4S/c15-14(16,17)25-8-3-1-7(2-4-8)20-13(26)21(19-18-20)9-5-10(22)12-23-6-11(9)24-12/h1-4,9,11-12H,5-6H2/t9-,11+,12+/m1/s1. The van der Waals surface area contributed by atoms with E-state index in [9.17, 15) is 18.0 Å². The van der Waals surface area contributed by atoms with Gasteiger partial charge < -0.3 is 14.2 Å². The minimum absolute atomic E-state index is 0.153. The van der Waals surface area contributed by atoms with Crippen molar-refractivity contribution in [3.8, 4) is 11.4 Å². The Labute approximate surface area is 149 Å². The molecule has 3 heterocycles. The summed E-state index contributed by atoms with van der Waals surface area (Å²) in [6.07, 6.45) is -5.81. The van der Waals surface area contributed by atoms with Crippen LogP contribution in [0.2, 0.25) is 0 Å². The summed E-state index contributed by atoms with van der Waals surface area (Å²) in [6, 6.07) is 4.58. The maximum atomic E-state index is 12.2. The molecule has 0 amide bonds. The summed E-state index contributed by atoms with van der Waals surface area (Å²) in [4.78, 5) is 11.9. The van der Waals surface area contributed by atoms with Crippen LogP contribution in [0.5, 0.6) is 5.75 Å². The van der Waals surface area contributed by atoms with Gasteiger partial charge >= 0.3 is 6.36 Å². The Morgan fingerprint density at radius 3 is 2.65 bits per heavy atom. The van der Waals surface area contributed by atoms with Crippen molar-refractivity contribution in [1.29, 1.82) is 0 Å². The molecule has 0 N–H and O–H groups in total. The molecule has 4 rings (SSSR count). The highest BCUT2D eigenvalue weighted by atomic mass is 32.1. The number of hydrogen-bond acceptors (Lipinski definition) is 7. The molecule has 2 aliphatic rings. The average molecular weight is 388 g/mol. The molecule has 0 radical (unpaired) electrons. The number of tetrazole rings is 1. The van der Waals surface area contributed by atoms with Crippen LogP contribution in [-0.2, 0) is 14.3 Å². The van der Waals surface area contributed by atoms with Crippen molar-refractivity contribution < 1.29 is 32.2 Å². The molecular weight excluding hydrogens is 377 g/mol. The highest BCUT2D eigenvalue weighted by Gasteiger charge is 2.45. The van der Waals surface area contributed by atoms with Crippen molar-refractivity contribution in [2.75, 3.05) is 6.61 Å². The van der Waals surface area contributed by atoms with E-state index in [2.05, 4.69) is 15.2 Å². The third-order valence-electron chi connectivity index (χ3n) is 4.04.